The Morgan fingerprint density at radius 2 is 2.05 bits per heavy atom. The number of carbonyl (C=O) groups is 1. The standard InChI is InChI=1S/C17H22N2O2/c1-5-21-17(20)16(18-11(2)3)14-8-9-15-13(10-14)7-6-12(4)19-15/h6-11,16,18H,5H2,1-4H3. The number of nitrogens with one attached hydrogen (secondary N) is 1. The van der Waals surface area contributed by atoms with Crippen LogP contribution in [0.5, 0.6) is 0 Å². The minimum atomic E-state index is -0.448. The monoisotopic (exact) mass is 286 g/mol. The number of pyridine rings is 1. The molecule has 21 heavy (non-hydrogen) atoms. The van der Waals surface area contributed by atoms with Gasteiger partial charge in [0.2, 0.25) is 0 Å². The highest BCUT2D eigenvalue weighted by molar-refractivity contribution is 5.83. The quantitative estimate of drug-likeness (QED) is 0.858. The molecule has 0 radical (unpaired) electrons. The maximum atomic E-state index is 12.2. The minimum absolute atomic E-state index is 0.186. The summed E-state index contributed by atoms with van der Waals surface area (Å²) < 4.78 is 5.17. The third-order valence-electron chi connectivity index (χ3n) is 3.21. The van der Waals surface area contributed by atoms with E-state index >= 15 is 0 Å². The predicted molar refractivity (Wildman–Crippen MR) is 84.1 cm³/mol. The number of aryl methyl sites for hydroxylation is 1. The van der Waals surface area contributed by atoms with Gasteiger partial charge in [-0.3, -0.25) is 10.3 Å². The zero-order chi connectivity index (χ0) is 15.4. The molecule has 1 unspecified atom stereocenters. The average Bonchev–Trinajstić information content (AvgIpc) is 2.44. The van der Waals surface area contributed by atoms with Crippen LogP contribution in [0.1, 0.15) is 38.1 Å². The molecule has 1 atom stereocenters. The highest BCUT2D eigenvalue weighted by Gasteiger charge is 2.22. The lowest BCUT2D eigenvalue weighted by molar-refractivity contribution is -0.146. The topological polar surface area (TPSA) is 51.2 Å². The van der Waals surface area contributed by atoms with Gasteiger partial charge in [0.1, 0.15) is 6.04 Å². The molecule has 0 aliphatic carbocycles. The fraction of sp³-hybridized carbons (Fsp3) is 0.412. The number of rotatable bonds is 5. The number of hydrogen-bond acceptors (Lipinski definition) is 4. The van der Waals surface area contributed by atoms with Crippen molar-refractivity contribution in [1.29, 1.82) is 0 Å². The zero-order valence-corrected chi connectivity index (χ0v) is 13.0. The first-order chi connectivity index (χ1) is 10.0. The van der Waals surface area contributed by atoms with E-state index in [1.54, 1.807) is 0 Å². The summed E-state index contributed by atoms with van der Waals surface area (Å²) in [4.78, 5) is 16.7. The van der Waals surface area contributed by atoms with Gasteiger partial charge in [-0.1, -0.05) is 12.1 Å². The molecule has 2 aromatic rings. The van der Waals surface area contributed by atoms with E-state index in [4.69, 9.17) is 4.74 Å². The summed E-state index contributed by atoms with van der Waals surface area (Å²) in [6.07, 6.45) is 0. The Balaban J connectivity index is 2.39. The molecule has 4 heteroatoms. The molecule has 2 rings (SSSR count). The van der Waals surface area contributed by atoms with E-state index in [1.807, 2.05) is 58.0 Å². The normalized spacial score (nSPS) is 12.6. The first-order valence-corrected chi connectivity index (χ1v) is 7.31. The number of esters is 1. The fourth-order valence-electron chi connectivity index (χ4n) is 2.28. The number of ether oxygens (including phenoxy) is 1. The predicted octanol–water partition coefficient (Wildman–Crippen LogP) is 3.15. The lowest BCUT2D eigenvalue weighted by Gasteiger charge is -2.20. The third kappa shape index (κ3) is 3.79. The van der Waals surface area contributed by atoms with E-state index in [2.05, 4.69) is 10.3 Å². The van der Waals surface area contributed by atoms with Crippen LogP contribution in [0.15, 0.2) is 30.3 Å². The molecule has 0 saturated heterocycles. The van der Waals surface area contributed by atoms with Crippen molar-refractivity contribution >= 4 is 16.9 Å². The number of benzene rings is 1. The Morgan fingerprint density at radius 1 is 1.29 bits per heavy atom. The smallest absolute Gasteiger partial charge is 0.327 e. The van der Waals surface area contributed by atoms with E-state index in [0.29, 0.717) is 6.61 Å². The summed E-state index contributed by atoms with van der Waals surface area (Å²) in [5.74, 6) is -0.245. The van der Waals surface area contributed by atoms with Crippen LogP contribution >= 0.6 is 0 Å². The Labute approximate surface area is 125 Å². The van der Waals surface area contributed by atoms with Gasteiger partial charge in [-0.2, -0.15) is 0 Å². The maximum Gasteiger partial charge on any atom is 0.327 e. The van der Waals surface area contributed by atoms with Gasteiger partial charge in [-0.05, 0) is 51.5 Å². The molecule has 1 heterocycles. The Hall–Kier alpha value is -1.94. The lowest BCUT2D eigenvalue weighted by atomic mass is 10.0. The zero-order valence-electron chi connectivity index (χ0n) is 13.0. The molecular weight excluding hydrogens is 264 g/mol. The second-order valence-electron chi connectivity index (χ2n) is 5.41. The molecule has 0 amide bonds. The minimum Gasteiger partial charge on any atom is -0.465 e. The summed E-state index contributed by atoms with van der Waals surface area (Å²) in [5, 5.41) is 4.29. The summed E-state index contributed by atoms with van der Waals surface area (Å²) in [6, 6.07) is 9.62. The molecule has 0 fully saturated rings. The van der Waals surface area contributed by atoms with E-state index in [0.717, 1.165) is 22.2 Å². The van der Waals surface area contributed by atoms with E-state index < -0.39 is 6.04 Å². The molecule has 0 aliphatic heterocycles. The number of nitrogens with zero attached hydrogens (tertiary/aromatic N) is 1. The van der Waals surface area contributed by atoms with Crippen LogP contribution in [-0.4, -0.2) is 23.6 Å². The number of fused-ring (bicyclic) bond motifs is 1. The van der Waals surface area contributed by atoms with Crippen molar-refractivity contribution < 1.29 is 9.53 Å². The van der Waals surface area contributed by atoms with Gasteiger partial charge in [0, 0.05) is 17.1 Å². The van der Waals surface area contributed by atoms with E-state index in [-0.39, 0.29) is 12.0 Å². The van der Waals surface area contributed by atoms with Crippen molar-refractivity contribution in [3.63, 3.8) is 0 Å². The van der Waals surface area contributed by atoms with Gasteiger partial charge in [0.15, 0.2) is 0 Å². The van der Waals surface area contributed by atoms with Crippen LogP contribution in [0.3, 0.4) is 0 Å². The van der Waals surface area contributed by atoms with Gasteiger partial charge < -0.3 is 4.74 Å². The van der Waals surface area contributed by atoms with Crippen LogP contribution < -0.4 is 5.32 Å². The number of aromatic nitrogens is 1. The highest BCUT2D eigenvalue weighted by atomic mass is 16.5. The summed E-state index contributed by atoms with van der Waals surface area (Å²) in [6.45, 7) is 8.19. The van der Waals surface area contributed by atoms with Crippen LogP contribution in [0, 0.1) is 6.92 Å². The lowest BCUT2D eigenvalue weighted by Crippen LogP contribution is -2.34. The molecule has 1 N–H and O–H groups in total. The van der Waals surface area contributed by atoms with Crippen molar-refractivity contribution in [3.05, 3.63) is 41.6 Å². The second kappa shape index (κ2) is 6.68. The Kier molecular flexibility index (Phi) is 4.91. The van der Waals surface area contributed by atoms with Gasteiger partial charge >= 0.3 is 5.97 Å². The average molecular weight is 286 g/mol. The SMILES string of the molecule is CCOC(=O)C(NC(C)C)c1ccc2nc(C)ccc2c1. The van der Waals surface area contributed by atoms with E-state index in [1.165, 1.54) is 0 Å². The molecule has 112 valence electrons. The van der Waals surface area contributed by atoms with Crippen LogP contribution in [0.2, 0.25) is 0 Å². The molecule has 1 aromatic carbocycles. The van der Waals surface area contributed by atoms with Crippen LogP contribution in [-0.2, 0) is 9.53 Å². The summed E-state index contributed by atoms with van der Waals surface area (Å²) >= 11 is 0. The molecule has 0 aliphatic rings. The Morgan fingerprint density at radius 3 is 2.71 bits per heavy atom. The molecule has 0 saturated carbocycles. The fourth-order valence-corrected chi connectivity index (χ4v) is 2.28. The largest absolute Gasteiger partial charge is 0.465 e. The summed E-state index contributed by atoms with van der Waals surface area (Å²) in [5.41, 5.74) is 2.82. The van der Waals surface area contributed by atoms with Gasteiger partial charge in [0.25, 0.3) is 0 Å². The van der Waals surface area contributed by atoms with Crippen molar-refractivity contribution in [1.82, 2.24) is 10.3 Å². The summed E-state index contributed by atoms with van der Waals surface area (Å²) in [7, 11) is 0. The van der Waals surface area contributed by atoms with Gasteiger partial charge in [-0.25, -0.2) is 4.79 Å². The van der Waals surface area contributed by atoms with Gasteiger partial charge in [0.05, 0.1) is 12.1 Å². The van der Waals surface area contributed by atoms with Crippen molar-refractivity contribution in [2.45, 2.75) is 39.8 Å². The van der Waals surface area contributed by atoms with Crippen LogP contribution in [0.25, 0.3) is 10.9 Å². The third-order valence-corrected chi connectivity index (χ3v) is 3.21. The number of hydrogen-bond donors (Lipinski definition) is 1. The number of carbonyl (C=O) groups excluding carboxylic acids is 1. The first-order valence-electron chi connectivity index (χ1n) is 7.31. The van der Waals surface area contributed by atoms with E-state index in [9.17, 15) is 4.79 Å². The van der Waals surface area contributed by atoms with Crippen molar-refractivity contribution in [2.75, 3.05) is 6.61 Å². The molecular formula is C17H22N2O2. The Bertz CT molecular complexity index is 638. The molecule has 4 nitrogen and oxygen atoms in total. The van der Waals surface area contributed by atoms with Crippen LogP contribution in [0.4, 0.5) is 0 Å². The molecule has 0 bridgehead atoms. The van der Waals surface area contributed by atoms with Crippen molar-refractivity contribution in [3.8, 4) is 0 Å². The molecule has 0 spiro atoms. The maximum absolute atomic E-state index is 12.2. The van der Waals surface area contributed by atoms with Crippen molar-refractivity contribution in [2.24, 2.45) is 0 Å². The second-order valence-corrected chi connectivity index (χ2v) is 5.41. The first kappa shape index (κ1) is 15.4. The van der Waals surface area contributed by atoms with Gasteiger partial charge in [-0.15, -0.1) is 0 Å². The molecule has 1 aromatic heterocycles. The highest BCUT2D eigenvalue weighted by Crippen LogP contribution is 2.21.